The van der Waals surface area contributed by atoms with Gasteiger partial charge in [0, 0.05) is 69.6 Å². The minimum atomic E-state index is -3.00. The number of oxazole rings is 1. The van der Waals surface area contributed by atoms with Gasteiger partial charge in [0.25, 0.3) is 30.1 Å². The maximum Gasteiger partial charge on any atom is 0.284 e. The monoisotopic (exact) mass is 949 g/mol. The van der Waals surface area contributed by atoms with Gasteiger partial charge in [0.05, 0.1) is 60.8 Å². The molecule has 1 unspecified atom stereocenters. The van der Waals surface area contributed by atoms with Crippen molar-refractivity contribution >= 4 is 52.6 Å². The molecule has 9 rings (SSSR count). The number of nitrogens with one attached hydrogen (secondary N) is 4. The highest BCUT2D eigenvalue weighted by Gasteiger charge is 2.46. The van der Waals surface area contributed by atoms with Gasteiger partial charge in [0.15, 0.2) is 11.4 Å². The SMILES string of the molecule is O=C1CCC(N2C(=O)c3cccc(N4CCN(CCOCCOCCNC(=O)c5ccc(-n6cc(NC(=O)c7coc(-c8ccnc(NCC9CC9)c8)n7)c(C(F)F)n6)cc5)CC4)c3C2=O)C(=O)N1. The van der Waals surface area contributed by atoms with Gasteiger partial charge in [-0.2, -0.15) is 5.10 Å². The van der Waals surface area contributed by atoms with Gasteiger partial charge >= 0.3 is 0 Å². The predicted octanol–water partition coefficient (Wildman–Crippen LogP) is 3.92. The summed E-state index contributed by atoms with van der Waals surface area (Å²) in [6.07, 6.45) is 3.53. The topological polar surface area (TPSA) is 235 Å². The first-order valence-corrected chi connectivity index (χ1v) is 22.7. The van der Waals surface area contributed by atoms with Crippen molar-refractivity contribution in [2.45, 2.75) is 38.2 Å². The van der Waals surface area contributed by atoms with Crippen LogP contribution in [0.3, 0.4) is 0 Å². The van der Waals surface area contributed by atoms with Crippen molar-refractivity contribution in [1.29, 1.82) is 0 Å². The van der Waals surface area contributed by atoms with Crippen molar-refractivity contribution in [1.82, 2.24) is 40.2 Å². The number of benzene rings is 2. The molecule has 1 aliphatic carbocycles. The molecule has 6 amide bonds. The Morgan fingerprint density at radius 2 is 1.68 bits per heavy atom. The van der Waals surface area contributed by atoms with Crippen LogP contribution in [-0.2, 0) is 19.1 Å². The second kappa shape index (κ2) is 20.8. The number of piperidine rings is 1. The molecular weight excluding hydrogens is 901 g/mol. The Hall–Kier alpha value is -7.43. The number of aromatic nitrogens is 4. The Kier molecular flexibility index (Phi) is 14.1. The molecule has 6 heterocycles. The van der Waals surface area contributed by atoms with Crippen LogP contribution in [0.25, 0.3) is 17.1 Å². The van der Waals surface area contributed by atoms with E-state index >= 15 is 0 Å². The van der Waals surface area contributed by atoms with Crippen molar-refractivity contribution < 1.29 is 51.4 Å². The molecule has 4 N–H and O–H groups in total. The number of rotatable bonds is 20. The van der Waals surface area contributed by atoms with Crippen LogP contribution >= 0.6 is 0 Å². The van der Waals surface area contributed by atoms with E-state index in [1.165, 1.54) is 35.9 Å². The molecule has 3 fully saturated rings. The molecule has 69 heavy (non-hydrogen) atoms. The highest BCUT2D eigenvalue weighted by atomic mass is 19.3. The lowest BCUT2D eigenvalue weighted by Gasteiger charge is -2.36. The second-order valence-corrected chi connectivity index (χ2v) is 16.9. The zero-order chi connectivity index (χ0) is 48.0. The Morgan fingerprint density at radius 3 is 2.43 bits per heavy atom. The molecule has 0 radical (unpaired) electrons. The van der Waals surface area contributed by atoms with Crippen LogP contribution in [0.1, 0.15) is 79.4 Å². The Morgan fingerprint density at radius 1 is 0.899 bits per heavy atom. The number of anilines is 3. The molecule has 0 bridgehead atoms. The Balaban J connectivity index is 0.664. The number of amides is 6. The number of piperazine rings is 1. The summed E-state index contributed by atoms with van der Waals surface area (Å²) in [6.45, 7) is 5.75. The van der Waals surface area contributed by atoms with Gasteiger partial charge in [-0.3, -0.25) is 43.9 Å². The van der Waals surface area contributed by atoms with Crippen LogP contribution in [0.15, 0.2) is 77.7 Å². The third-order valence-corrected chi connectivity index (χ3v) is 12.2. The van der Waals surface area contributed by atoms with E-state index in [4.69, 9.17) is 13.9 Å². The summed E-state index contributed by atoms with van der Waals surface area (Å²) >= 11 is 0. The molecule has 1 saturated carbocycles. The van der Waals surface area contributed by atoms with E-state index in [2.05, 4.69) is 46.1 Å². The zero-order valence-corrected chi connectivity index (χ0v) is 37.3. The van der Waals surface area contributed by atoms with Crippen LogP contribution in [0.2, 0.25) is 0 Å². The van der Waals surface area contributed by atoms with Crippen LogP contribution < -0.4 is 26.2 Å². The molecule has 0 spiro atoms. The maximum atomic E-state index is 14.1. The third kappa shape index (κ3) is 10.8. The first-order chi connectivity index (χ1) is 33.5. The van der Waals surface area contributed by atoms with Gasteiger partial charge in [-0.05, 0) is 73.7 Å². The summed E-state index contributed by atoms with van der Waals surface area (Å²) in [6, 6.07) is 13.7. The van der Waals surface area contributed by atoms with Crippen molar-refractivity contribution in [2.75, 3.05) is 87.8 Å². The largest absolute Gasteiger partial charge is 0.444 e. The number of carbonyl (C=O) groups excluding carboxylic acids is 6. The Bertz CT molecular complexity index is 2730. The lowest BCUT2D eigenvalue weighted by molar-refractivity contribution is -0.136. The summed E-state index contributed by atoms with van der Waals surface area (Å²) in [4.78, 5) is 90.7. The van der Waals surface area contributed by atoms with E-state index in [1.807, 2.05) is 6.07 Å². The number of fused-ring (bicyclic) bond motifs is 1. The van der Waals surface area contributed by atoms with E-state index in [0.717, 1.165) is 17.7 Å². The van der Waals surface area contributed by atoms with E-state index in [1.54, 1.807) is 42.6 Å². The molecule has 3 aliphatic heterocycles. The third-order valence-electron chi connectivity index (χ3n) is 12.2. The van der Waals surface area contributed by atoms with Gasteiger partial charge in [0.2, 0.25) is 17.7 Å². The van der Waals surface area contributed by atoms with Crippen LogP contribution in [0, 0.1) is 5.92 Å². The fraction of sp³-hybridized carbons (Fsp3) is 0.383. The molecule has 20 nitrogen and oxygen atoms in total. The van der Waals surface area contributed by atoms with Gasteiger partial charge in [-0.15, -0.1) is 0 Å². The molecule has 2 aromatic carbocycles. The minimum absolute atomic E-state index is 0.0555. The lowest BCUT2D eigenvalue weighted by Crippen LogP contribution is -2.54. The van der Waals surface area contributed by atoms with Crippen LogP contribution in [0.4, 0.5) is 26.0 Å². The fourth-order valence-electron chi connectivity index (χ4n) is 8.30. The van der Waals surface area contributed by atoms with Gasteiger partial charge in [0.1, 0.15) is 18.1 Å². The van der Waals surface area contributed by atoms with Crippen molar-refractivity contribution in [3.8, 4) is 17.1 Å². The van der Waals surface area contributed by atoms with Gasteiger partial charge in [-0.25, -0.2) is 23.4 Å². The standard InChI is InChI=1S/C47H49F2N11O9/c48-41(49)40-33(53-43(63)34-27-69-45(54-34)30-12-13-50-37(24-30)52-25-28-4-5-28)26-59(56-40)31-8-6-29(7-9-31)42(62)51-14-20-67-22-23-68-21-19-57-15-17-58(18-16-57)35-3-1-2-32-39(35)47(66)60(46(32)65)36-10-11-38(61)55-44(36)64/h1-3,6-9,12-13,24,26-28,36,41H,4-5,10-11,14-23,25H2,(H,50,52)(H,51,62)(H,53,63)(H,55,61,64). The van der Waals surface area contributed by atoms with Crippen molar-refractivity contribution in [3.05, 3.63) is 101 Å². The number of carbonyl (C=O) groups is 6. The molecule has 1 atom stereocenters. The summed E-state index contributed by atoms with van der Waals surface area (Å²) in [5, 5.41) is 14.7. The predicted molar refractivity (Wildman–Crippen MR) is 243 cm³/mol. The number of hydrogen-bond donors (Lipinski definition) is 4. The number of halogens is 2. The average molecular weight is 950 g/mol. The highest BCUT2D eigenvalue weighted by molar-refractivity contribution is 6.25. The molecule has 3 aromatic heterocycles. The molecule has 360 valence electrons. The lowest BCUT2D eigenvalue weighted by atomic mass is 10.0. The van der Waals surface area contributed by atoms with E-state index in [0.29, 0.717) is 86.8 Å². The highest BCUT2D eigenvalue weighted by Crippen LogP contribution is 2.35. The van der Waals surface area contributed by atoms with Crippen LogP contribution in [-0.4, -0.2) is 143 Å². The zero-order valence-electron chi connectivity index (χ0n) is 37.3. The minimum Gasteiger partial charge on any atom is -0.444 e. The van der Waals surface area contributed by atoms with E-state index in [9.17, 15) is 37.5 Å². The number of nitrogens with zero attached hydrogens (tertiary/aromatic N) is 7. The van der Waals surface area contributed by atoms with Crippen molar-refractivity contribution in [2.24, 2.45) is 5.92 Å². The maximum absolute atomic E-state index is 14.1. The molecule has 5 aromatic rings. The molecule has 4 aliphatic rings. The number of alkyl halides is 2. The number of hydrogen-bond acceptors (Lipinski definition) is 15. The van der Waals surface area contributed by atoms with E-state index in [-0.39, 0.29) is 60.3 Å². The smallest absolute Gasteiger partial charge is 0.284 e. The first-order valence-electron chi connectivity index (χ1n) is 22.7. The first kappa shape index (κ1) is 46.7. The summed E-state index contributed by atoms with van der Waals surface area (Å²) in [5.41, 5.74) is 1.50. The molecular formula is C47H49F2N11O9. The second-order valence-electron chi connectivity index (χ2n) is 16.9. The van der Waals surface area contributed by atoms with E-state index < -0.39 is 47.7 Å². The number of ether oxygens (including phenoxy) is 2. The quantitative estimate of drug-likeness (QED) is 0.0640. The summed E-state index contributed by atoms with van der Waals surface area (Å²) in [7, 11) is 0. The molecule has 2 saturated heterocycles. The van der Waals surface area contributed by atoms with Gasteiger partial charge in [-0.1, -0.05) is 6.07 Å². The summed E-state index contributed by atoms with van der Waals surface area (Å²) < 4.78 is 46.2. The van der Waals surface area contributed by atoms with Crippen LogP contribution in [0.5, 0.6) is 0 Å². The average Bonchev–Trinajstić information content (AvgIpc) is 3.76. The Labute approximate surface area is 393 Å². The summed E-state index contributed by atoms with van der Waals surface area (Å²) in [5.74, 6) is -1.79. The normalized spacial score (nSPS) is 17.3. The fourth-order valence-corrected chi connectivity index (χ4v) is 8.30. The number of imide groups is 2. The molecule has 22 heteroatoms. The van der Waals surface area contributed by atoms with Gasteiger partial charge < -0.3 is 34.7 Å². The number of pyridine rings is 1. The van der Waals surface area contributed by atoms with Crippen molar-refractivity contribution in [3.63, 3.8) is 0 Å².